The Kier molecular flexibility index (Phi) is 5.01. The van der Waals surface area contributed by atoms with Crippen molar-refractivity contribution in [2.45, 2.75) is 13.0 Å². The maximum atomic E-state index is 11.5. The second kappa shape index (κ2) is 6.05. The number of rotatable bonds is 4. The first-order valence-corrected chi connectivity index (χ1v) is 5.30. The van der Waals surface area contributed by atoms with Gasteiger partial charge in [-0.05, 0) is 6.92 Å². The number of nitrogens with zero attached hydrogens (tertiary/aromatic N) is 2. The van der Waals surface area contributed by atoms with E-state index in [1.54, 1.807) is 6.92 Å². The second-order valence-corrected chi connectivity index (χ2v) is 3.96. The lowest BCUT2D eigenvalue weighted by Gasteiger charge is -2.35. The molecule has 0 aromatic heterocycles. The second-order valence-electron chi connectivity index (χ2n) is 3.96. The Balaban J connectivity index is 2.26. The predicted octanol–water partition coefficient (Wildman–Crippen LogP) is -0.842. The van der Waals surface area contributed by atoms with Gasteiger partial charge in [0.25, 0.3) is 0 Å². The third kappa shape index (κ3) is 4.15. The lowest BCUT2D eigenvalue weighted by molar-refractivity contribution is -0.137. The zero-order valence-electron chi connectivity index (χ0n) is 9.48. The molecule has 0 aliphatic carbocycles. The minimum atomic E-state index is -0.300. The van der Waals surface area contributed by atoms with Crippen LogP contribution in [0.15, 0.2) is 0 Å². The first kappa shape index (κ1) is 12.4. The van der Waals surface area contributed by atoms with Crippen molar-refractivity contribution in [3.8, 4) is 0 Å². The fraction of sp³-hybridized carbons (Fsp3) is 0.900. The fourth-order valence-corrected chi connectivity index (χ4v) is 1.77. The number of aliphatic hydroxyl groups excluding tert-OH is 1. The number of aliphatic hydroxyl groups is 1. The average molecular weight is 216 g/mol. The first-order chi connectivity index (χ1) is 7.13. The van der Waals surface area contributed by atoms with E-state index in [0.29, 0.717) is 6.54 Å². The minimum Gasteiger partial charge on any atom is -0.392 e. The summed E-state index contributed by atoms with van der Waals surface area (Å²) >= 11 is 0. The van der Waals surface area contributed by atoms with E-state index >= 15 is 0 Å². The Hall–Kier alpha value is -0.650. The van der Waals surface area contributed by atoms with Gasteiger partial charge in [-0.2, -0.15) is 0 Å². The van der Waals surface area contributed by atoms with Crippen LogP contribution in [0.5, 0.6) is 0 Å². The number of ether oxygens (including phenoxy) is 1. The van der Waals surface area contributed by atoms with E-state index in [2.05, 4.69) is 4.90 Å². The molecule has 1 aliphatic rings. The van der Waals surface area contributed by atoms with Crippen molar-refractivity contribution < 1.29 is 14.6 Å². The van der Waals surface area contributed by atoms with Gasteiger partial charge in [0.1, 0.15) is 6.61 Å². The number of hydrogen-bond donors (Lipinski definition) is 1. The topological polar surface area (TPSA) is 53.0 Å². The fourth-order valence-electron chi connectivity index (χ4n) is 1.77. The van der Waals surface area contributed by atoms with Crippen molar-refractivity contribution in [3.05, 3.63) is 0 Å². The molecule has 1 aliphatic heterocycles. The maximum absolute atomic E-state index is 11.5. The van der Waals surface area contributed by atoms with Gasteiger partial charge in [0, 0.05) is 39.8 Å². The zero-order valence-corrected chi connectivity index (χ0v) is 9.48. The predicted molar refractivity (Wildman–Crippen MR) is 56.6 cm³/mol. The number of carbonyl (C=O) groups is 1. The molecule has 1 heterocycles. The Morgan fingerprint density at radius 3 is 2.47 bits per heavy atom. The zero-order chi connectivity index (χ0) is 11.3. The van der Waals surface area contributed by atoms with Crippen LogP contribution in [-0.2, 0) is 9.53 Å². The molecular weight excluding hydrogens is 196 g/mol. The molecule has 0 radical (unpaired) electrons. The number of piperazine rings is 1. The van der Waals surface area contributed by atoms with Gasteiger partial charge in [-0.1, -0.05) is 0 Å². The van der Waals surface area contributed by atoms with E-state index in [4.69, 9.17) is 4.74 Å². The van der Waals surface area contributed by atoms with E-state index in [1.807, 2.05) is 4.90 Å². The van der Waals surface area contributed by atoms with Gasteiger partial charge in [0.05, 0.1) is 6.10 Å². The lowest BCUT2D eigenvalue weighted by Crippen LogP contribution is -2.50. The largest absolute Gasteiger partial charge is 0.392 e. The molecule has 5 nitrogen and oxygen atoms in total. The van der Waals surface area contributed by atoms with Crippen LogP contribution in [0.25, 0.3) is 0 Å². The summed E-state index contributed by atoms with van der Waals surface area (Å²) in [5.41, 5.74) is 0. The number of hydrogen-bond acceptors (Lipinski definition) is 4. The molecule has 1 rings (SSSR count). The number of methoxy groups -OCH3 is 1. The molecule has 0 aromatic rings. The molecule has 0 saturated carbocycles. The summed E-state index contributed by atoms with van der Waals surface area (Å²) in [6, 6.07) is 0. The molecule has 1 N–H and O–H groups in total. The highest BCUT2D eigenvalue weighted by Crippen LogP contribution is 2.03. The summed E-state index contributed by atoms with van der Waals surface area (Å²) in [5, 5.41) is 9.22. The van der Waals surface area contributed by atoms with Crippen molar-refractivity contribution in [1.29, 1.82) is 0 Å². The molecule has 88 valence electrons. The van der Waals surface area contributed by atoms with Gasteiger partial charge in [-0.3, -0.25) is 9.69 Å². The molecule has 15 heavy (non-hydrogen) atoms. The summed E-state index contributed by atoms with van der Waals surface area (Å²) < 4.78 is 4.80. The summed E-state index contributed by atoms with van der Waals surface area (Å²) in [4.78, 5) is 15.4. The van der Waals surface area contributed by atoms with Gasteiger partial charge >= 0.3 is 0 Å². The lowest BCUT2D eigenvalue weighted by atomic mass is 10.3. The SMILES string of the molecule is COCC(=O)N1CCN(C[C@@H](C)O)CC1. The highest BCUT2D eigenvalue weighted by molar-refractivity contribution is 5.77. The van der Waals surface area contributed by atoms with Crippen molar-refractivity contribution in [2.75, 3.05) is 46.4 Å². The normalized spacial score (nSPS) is 20.3. The van der Waals surface area contributed by atoms with Crippen molar-refractivity contribution in [1.82, 2.24) is 9.80 Å². The van der Waals surface area contributed by atoms with Crippen LogP contribution in [0.4, 0.5) is 0 Å². The Morgan fingerprint density at radius 1 is 1.40 bits per heavy atom. The van der Waals surface area contributed by atoms with Crippen molar-refractivity contribution in [3.63, 3.8) is 0 Å². The van der Waals surface area contributed by atoms with E-state index in [9.17, 15) is 9.90 Å². The summed E-state index contributed by atoms with van der Waals surface area (Å²) in [6.45, 7) is 5.76. The Morgan fingerprint density at radius 2 is 2.00 bits per heavy atom. The molecule has 0 unspecified atom stereocenters. The van der Waals surface area contributed by atoms with Crippen LogP contribution < -0.4 is 0 Å². The van der Waals surface area contributed by atoms with Gasteiger partial charge in [-0.15, -0.1) is 0 Å². The van der Waals surface area contributed by atoms with Crippen LogP contribution >= 0.6 is 0 Å². The quantitative estimate of drug-likeness (QED) is 0.665. The summed E-state index contributed by atoms with van der Waals surface area (Å²) in [6.07, 6.45) is -0.300. The van der Waals surface area contributed by atoms with Crippen LogP contribution in [0, 0.1) is 0 Å². The standard InChI is InChI=1S/C10H20N2O3/c1-9(13)7-11-3-5-12(6-4-11)10(14)8-15-2/h9,13H,3-8H2,1-2H3/t9-/m1/s1. The molecule has 0 bridgehead atoms. The van der Waals surface area contributed by atoms with Crippen LogP contribution in [0.1, 0.15) is 6.92 Å². The summed E-state index contributed by atoms with van der Waals surface area (Å²) in [7, 11) is 1.53. The van der Waals surface area contributed by atoms with Crippen LogP contribution in [0.2, 0.25) is 0 Å². The smallest absolute Gasteiger partial charge is 0.248 e. The average Bonchev–Trinajstić information content (AvgIpc) is 2.18. The van der Waals surface area contributed by atoms with Gasteiger partial charge < -0.3 is 14.7 Å². The highest BCUT2D eigenvalue weighted by Gasteiger charge is 2.21. The van der Waals surface area contributed by atoms with Crippen LogP contribution in [-0.4, -0.2) is 73.4 Å². The van der Waals surface area contributed by atoms with Crippen molar-refractivity contribution in [2.24, 2.45) is 0 Å². The Labute approximate surface area is 90.6 Å². The van der Waals surface area contributed by atoms with E-state index < -0.39 is 0 Å². The molecule has 1 fully saturated rings. The third-order valence-electron chi connectivity index (χ3n) is 2.52. The van der Waals surface area contributed by atoms with E-state index in [0.717, 1.165) is 26.2 Å². The number of β-amino-alcohol motifs (C(OH)–C–C–N with tert-alkyl or cyclic N) is 1. The van der Waals surface area contributed by atoms with E-state index in [1.165, 1.54) is 7.11 Å². The maximum Gasteiger partial charge on any atom is 0.248 e. The van der Waals surface area contributed by atoms with Gasteiger partial charge in [-0.25, -0.2) is 0 Å². The summed E-state index contributed by atoms with van der Waals surface area (Å²) in [5.74, 6) is 0.0502. The highest BCUT2D eigenvalue weighted by atomic mass is 16.5. The van der Waals surface area contributed by atoms with Gasteiger partial charge in [0.2, 0.25) is 5.91 Å². The molecule has 1 amide bonds. The first-order valence-electron chi connectivity index (χ1n) is 5.30. The van der Waals surface area contributed by atoms with Crippen LogP contribution in [0.3, 0.4) is 0 Å². The minimum absolute atomic E-state index is 0.0502. The molecule has 1 atom stereocenters. The van der Waals surface area contributed by atoms with E-state index in [-0.39, 0.29) is 18.6 Å². The molecule has 0 spiro atoms. The molecular formula is C10H20N2O3. The van der Waals surface area contributed by atoms with Crippen molar-refractivity contribution >= 4 is 5.91 Å². The Bertz CT molecular complexity index is 201. The number of amides is 1. The molecule has 0 aromatic carbocycles. The third-order valence-corrected chi connectivity index (χ3v) is 2.52. The monoisotopic (exact) mass is 216 g/mol. The molecule has 5 heteroatoms. The molecule has 1 saturated heterocycles. The number of carbonyl (C=O) groups excluding carboxylic acids is 1. The van der Waals surface area contributed by atoms with Gasteiger partial charge in [0.15, 0.2) is 0 Å².